The highest BCUT2D eigenvalue weighted by molar-refractivity contribution is 5.30. The van der Waals surface area contributed by atoms with Crippen molar-refractivity contribution >= 4 is 0 Å². The average Bonchev–Trinajstić information content (AvgIpc) is 2.56. The van der Waals surface area contributed by atoms with Crippen molar-refractivity contribution in [1.29, 1.82) is 0 Å². The summed E-state index contributed by atoms with van der Waals surface area (Å²) in [5, 5.41) is 4.02. The van der Waals surface area contributed by atoms with Crippen molar-refractivity contribution in [2.75, 3.05) is 0 Å². The van der Waals surface area contributed by atoms with E-state index in [1.807, 2.05) is 44.4 Å². The van der Waals surface area contributed by atoms with E-state index in [4.69, 9.17) is 4.74 Å². The molecule has 2 rings (SSSR count). The molecule has 0 unspecified atom stereocenters. The molecule has 0 aliphatic heterocycles. The van der Waals surface area contributed by atoms with Crippen molar-refractivity contribution < 1.29 is 4.74 Å². The molecule has 0 fully saturated rings. The summed E-state index contributed by atoms with van der Waals surface area (Å²) in [6.07, 6.45) is 3.53. The predicted octanol–water partition coefficient (Wildman–Crippen LogP) is 2.52. The molecule has 0 saturated heterocycles. The van der Waals surface area contributed by atoms with Crippen LogP contribution in [0.2, 0.25) is 0 Å². The maximum Gasteiger partial charge on any atom is 0.165 e. The Labute approximate surface area is 82.9 Å². The van der Waals surface area contributed by atoms with Gasteiger partial charge in [0.1, 0.15) is 5.75 Å². The fourth-order valence-electron chi connectivity index (χ4n) is 1.19. The molecule has 0 spiro atoms. The minimum atomic E-state index is 0.761. The molecule has 1 aromatic carbocycles. The van der Waals surface area contributed by atoms with Gasteiger partial charge >= 0.3 is 0 Å². The second-order valence-electron chi connectivity index (χ2n) is 3.26. The highest BCUT2D eigenvalue weighted by atomic mass is 16.5. The Hall–Kier alpha value is -1.77. The van der Waals surface area contributed by atoms with Gasteiger partial charge in [-0.2, -0.15) is 5.10 Å². The van der Waals surface area contributed by atoms with E-state index < -0.39 is 0 Å². The zero-order chi connectivity index (χ0) is 9.97. The van der Waals surface area contributed by atoms with Crippen LogP contribution in [0.15, 0.2) is 36.7 Å². The zero-order valence-electron chi connectivity index (χ0n) is 8.27. The third-order valence-corrected chi connectivity index (χ3v) is 1.94. The number of benzene rings is 1. The van der Waals surface area contributed by atoms with Crippen molar-refractivity contribution in [3.8, 4) is 11.5 Å². The van der Waals surface area contributed by atoms with Gasteiger partial charge in [0, 0.05) is 7.05 Å². The molecule has 0 saturated carbocycles. The molecule has 0 bridgehead atoms. The Morgan fingerprint density at radius 1 is 1.14 bits per heavy atom. The number of nitrogens with zero attached hydrogens (tertiary/aromatic N) is 2. The van der Waals surface area contributed by atoms with Gasteiger partial charge in [0.05, 0.1) is 12.4 Å². The molecule has 1 heterocycles. The number of aromatic nitrogens is 2. The summed E-state index contributed by atoms with van der Waals surface area (Å²) in [5.74, 6) is 1.60. The summed E-state index contributed by atoms with van der Waals surface area (Å²) in [6, 6.07) is 7.93. The van der Waals surface area contributed by atoms with E-state index in [1.165, 1.54) is 5.56 Å². The molecule has 3 nitrogen and oxygen atoms in total. The molecule has 72 valence electrons. The molecule has 2 aromatic rings. The first-order valence-corrected chi connectivity index (χ1v) is 4.47. The van der Waals surface area contributed by atoms with E-state index in [2.05, 4.69) is 5.10 Å². The fourth-order valence-corrected chi connectivity index (χ4v) is 1.19. The monoisotopic (exact) mass is 188 g/mol. The number of hydrogen-bond acceptors (Lipinski definition) is 2. The Morgan fingerprint density at radius 3 is 2.43 bits per heavy atom. The van der Waals surface area contributed by atoms with E-state index in [0.717, 1.165) is 11.5 Å². The lowest BCUT2D eigenvalue weighted by atomic mass is 10.2. The van der Waals surface area contributed by atoms with E-state index in [1.54, 1.807) is 10.9 Å². The Balaban J connectivity index is 2.15. The van der Waals surface area contributed by atoms with Gasteiger partial charge in [-0.25, -0.2) is 0 Å². The number of rotatable bonds is 2. The highest BCUT2D eigenvalue weighted by Crippen LogP contribution is 2.20. The maximum atomic E-state index is 5.57. The summed E-state index contributed by atoms with van der Waals surface area (Å²) < 4.78 is 7.28. The minimum absolute atomic E-state index is 0.761. The fraction of sp³-hybridized carbons (Fsp3) is 0.182. The molecule has 0 atom stereocenters. The molecule has 3 heteroatoms. The average molecular weight is 188 g/mol. The third kappa shape index (κ3) is 1.93. The third-order valence-electron chi connectivity index (χ3n) is 1.94. The summed E-state index contributed by atoms with van der Waals surface area (Å²) in [6.45, 7) is 2.05. The van der Waals surface area contributed by atoms with Crippen molar-refractivity contribution in [2.24, 2.45) is 7.05 Å². The van der Waals surface area contributed by atoms with Gasteiger partial charge in [0.2, 0.25) is 0 Å². The van der Waals surface area contributed by atoms with Gasteiger partial charge in [-0.1, -0.05) is 17.7 Å². The van der Waals surface area contributed by atoms with Gasteiger partial charge in [0.25, 0.3) is 0 Å². The standard InChI is InChI=1S/C11H12N2O/c1-9-3-5-10(6-4-9)14-11-7-12-13(2)8-11/h3-8H,1-2H3. The normalized spacial score (nSPS) is 10.1. The molecule has 0 aliphatic rings. The van der Waals surface area contributed by atoms with E-state index in [0.29, 0.717) is 0 Å². The van der Waals surface area contributed by atoms with Crippen LogP contribution in [0.1, 0.15) is 5.56 Å². The Bertz CT molecular complexity index is 417. The first-order valence-electron chi connectivity index (χ1n) is 4.47. The lowest BCUT2D eigenvalue weighted by Crippen LogP contribution is -1.85. The lowest BCUT2D eigenvalue weighted by Gasteiger charge is -2.01. The van der Waals surface area contributed by atoms with Crippen LogP contribution in [0.4, 0.5) is 0 Å². The van der Waals surface area contributed by atoms with Crippen molar-refractivity contribution in [2.45, 2.75) is 6.92 Å². The van der Waals surface area contributed by atoms with Crippen LogP contribution in [-0.4, -0.2) is 9.78 Å². The zero-order valence-corrected chi connectivity index (χ0v) is 8.27. The summed E-state index contributed by atoms with van der Waals surface area (Å²) in [7, 11) is 1.86. The molecule has 0 N–H and O–H groups in total. The second kappa shape index (κ2) is 3.54. The first-order chi connectivity index (χ1) is 6.74. The summed E-state index contributed by atoms with van der Waals surface area (Å²) in [4.78, 5) is 0. The van der Waals surface area contributed by atoms with Gasteiger partial charge in [-0.3, -0.25) is 4.68 Å². The smallest absolute Gasteiger partial charge is 0.165 e. The number of ether oxygens (including phenoxy) is 1. The van der Waals surface area contributed by atoms with Gasteiger partial charge in [-0.05, 0) is 19.1 Å². The van der Waals surface area contributed by atoms with Crippen molar-refractivity contribution in [3.63, 3.8) is 0 Å². The topological polar surface area (TPSA) is 27.1 Å². The molecule has 14 heavy (non-hydrogen) atoms. The summed E-state index contributed by atoms with van der Waals surface area (Å²) in [5.41, 5.74) is 1.23. The lowest BCUT2D eigenvalue weighted by molar-refractivity contribution is 0.482. The van der Waals surface area contributed by atoms with Crippen LogP contribution in [-0.2, 0) is 7.05 Å². The minimum Gasteiger partial charge on any atom is -0.454 e. The van der Waals surface area contributed by atoms with Crippen LogP contribution < -0.4 is 4.74 Å². The first kappa shape index (κ1) is 8.81. The van der Waals surface area contributed by atoms with Crippen LogP contribution in [0.5, 0.6) is 11.5 Å². The Morgan fingerprint density at radius 2 is 1.86 bits per heavy atom. The van der Waals surface area contributed by atoms with Gasteiger partial charge in [0.15, 0.2) is 5.75 Å². The van der Waals surface area contributed by atoms with Gasteiger partial charge < -0.3 is 4.74 Å². The van der Waals surface area contributed by atoms with E-state index in [9.17, 15) is 0 Å². The van der Waals surface area contributed by atoms with Crippen molar-refractivity contribution in [1.82, 2.24) is 9.78 Å². The second-order valence-corrected chi connectivity index (χ2v) is 3.26. The predicted molar refractivity (Wildman–Crippen MR) is 54.5 cm³/mol. The largest absolute Gasteiger partial charge is 0.454 e. The SMILES string of the molecule is Cc1ccc(Oc2cnn(C)c2)cc1. The van der Waals surface area contributed by atoms with Crippen LogP contribution in [0, 0.1) is 6.92 Å². The van der Waals surface area contributed by atoms with Crippen LogP contribution in [0.25, 0.3) is 0 Å². The Kier molecular flexibility index (Phi) is 2.23. The van der Waals surface area contributed by atoms with Crippen molar-refractivity contribution in [3.05, 3.63) is 42.2 Å². The molecular formula is C11H12N2O. The summed E-state index contributed by atoms with van der Waals surface area (Å²) >= 11 is 0. The maximum absolute atomic E-state index is 5.57. The quantitative estimate of drug-likeness (QED) is 0.724. The van der Waals surface area contributed by atoms with Gasteiger partial charge in [-0.15, -0.1) is 0 Å². The molecule has 0 aliphatic carbocycles. The number of hydrogen-bond donors (Lipinski definition) is 0. The van der Waals surface area contributed by atoms with E-state index in [-0.39, 0.29) is 0 Å². The van der Waals surface area contributed by atoms with Crippen LogP contribution in [0.3, 0.4) is 0 Å². The molecule has 0 radical (unpaired) electrons. The highest BCUT2D eigenvalue weighted by Gasteiger charge is 1.98. The molecular weight excluding hydrogens is 176 g/mol. The molecule has 1 aromatic heterocycles. The van der Waals surface area contributed by atoms with E-state index >= 15 is 0 Å². The molecule has 0 amide bonds. The number of aryl methyl sites for hydroxylation is 2. The van der Waals surface area contributed by atoms with Crippen LogP contribution >= 0.6 is 0 Å².